The fourth-order valence-corrected chi connectivity index (χ4v) is 1.29. The van der Waals surface area contributed by atoms with E-state index in [2.05, 4.69) is 0 Å². The smallest absolute Gasteiger partial charge is 0.120 e. The van der Waals surface area contributed by atoms with E-state index in [-0.39, 0.29) is 17.5 Å². The first-order valence-corrected chi connectivity index (χ1v) is 4.59. The summed E-state index contributed by atoms with van der Waals surface area (Å²) in [7, 11) is 0. The zero-order chi connectivity index (χ0) is 10.7. The van der Waals surface area contributed by atoms with Gasteiger partial charge in [0.15, 0.2) is 0 Å². The summed E-state index contributed by atoms with van der Waals surface area (Å²) in [5, 5.41) is 18.7. The van der Waals surface area contributed by atoms with Crippen molar-refractivity contribution in [2.45, 2.75) is 25.4 Å². The number of benzene rings is 1. The molecule has 0 aliphatic carbocycles. The van der Waals surface area contributed by atoms with Crippen LogP contribution in [-0.4, -0.2) is 16.3 Å². The van der Waals surface area contributed by atoms with Crippen molar-refractivity contribution in [2.75, 3.05) is 0 Å². The Hall–Kier alpha value is -1.26. The summed E-state index contributed by atoms with van der Waals surface area (Å²) in [6, 6.07) is 3.58. The maximum absolute atomic E-state index is 9.50. The number of nitrogens with two attached hydrogens (primary N) is 2. The molecular formula is C10H16N2O2. The molecule has 1 aromatic rings. The van der Waals surface area contributed by atoms with Gasteiger partial charge in [-0.1, -0.05) is 6.92 Å². The van der Waals surface area contributed by atoms with Gasteiger partial charge in [-0.05, 0) is 24.6 Å². The highest BCUT2D eigenvalue weighted by molar-refractivity contribution is 5.41. The highest BCUT2D eigenvalue weighted by Crippen LogP contribution is 2.28. The number of phenols is 2. The second-order valence-electron chi connectivity index (χ2n) is 3.34. The van der Waals surface area contributed by atoms with Gasteiger partial charge in [-0.2, -0.15) is 0 Å². The van der Waals surface area contributed by atoms with Crippen molar-refractivity contribution in [2.24, 2.45) is 11.5 Å². The first kappa shape index (κ1) is 10.8. The van der Waals surface area contributed by atoms with Crippen LogP contribution in [0.1, 0.15) is 24.9 Å². The largest absolute Gasteiger partial charge is 0.508 e. The molecule has 0 aliphatic heterocycles. The third-order valence-corrected chi connectivity index (χ3v) is 2.30. The quantitative estimate of drug-likeness (QED) is 0.539. The van der Waals surface area contributed by atoms with Gasteiger partial charge in [-0.3, -0.25) is 0 Å². The van der Waals surface area contributed by atoms with E-state index in [0.29, 0.717) is 5.56 Å². The van der Waals surface area contributed by atoms with E-state index in [1.807, 2.05) is 6.92 Å². The topological polar surface area (TPSA) is 92.5 Å². The molecule has 0 saturated carbocycles. The van der Waals surface area contributed by atoms with Crippen molar-refractivity contribution >= 4 is 0 Å². The van der Waals surface area contributed by atoms with Crippen LogP contribution in [0, 0.1) is 0 Å². The van der Waals surface area contributed by atoms with E-state index in [1.54, 1.807) is 0 Å². The molecule has 0 unspecified atom stereocenters. The number of hydrogen-bond donors (Lipinski definition) is 4. The minimum absolute atomic E-state index is 0.0687. The summed E-state index contributed by atoms with van der Waals surface area (Å²) in [6.07, 6.45) is 0.719. The zero-order valence-electron chi connectivity index (χ0n) is 8.14. The van der Waals surface area contributed by atoms with Crippen molar-refractivity contribution in [3.05, 3.63) is 23.8 Å². The summed E-state index contributed by atoms with van der Waals surface area (Å²) < 4.78 is 0. The summed E-state index contributed by atoms with van der Waals surface area (Å²) in [5.74, 6) is 0.149. The lowest BCUT2D eigenvalue weighted by molar-refractivity contribution is 0.436. The molecule has 4 heteroatoms. The van der Waals surface area contributed by atoms with Gasteiger partial charge in [0.2, 0.25) is 0 Å². The van der Waals surface area contributed by atoms with Gasteiger partial charge in [0.25, 0.3) is 0 Å². The van der Waals surface area contributed by atoms with Crippen LogP contribution >= 0.6 is 0 Å². The van der Waals surface area contributed by atoms with Crippen LogP contribution in [0.3, 0.4) is 0 Å². The minimum Gasteiger partial charge on any atom is -0.508 e. The zero-order valence-corrected chi connectivity index (χ0v) is 8.14. The Morgan fingerprint density at radius 1 is 1.29 bits per heavy atom. The molecule has 0 aromatic heterocycles. The molecule has 14 heavy (non-hydrogen) atoms. The van der Waals surface area contributed by atoms with Crippen LogP contribution in [0.15, 0.2) is 18.2 Å². The molecule has 0 aliphatic rings. The molecular weight excluding hydrogens is 180 g/mol. The van der Waals surface area contributed by atoms with Gasteiger partial charge < -0.3 is 21.7 Å². The summed E-state index contributed by atoms with van der Waals surface area (Å²) in [6.45, 7) is 1.92. The maximum atomic E-state index is 9.50. The lowest BCUT2D eigenvalue weighted by atomic mass is 9.98. The fraction of sp³-hybridized carbons (Fsp3) is 0.400. The summed E-state index contributed by atoms with van der Waals surface area (Å²) in [5.41, 5.74) is 12.1. The third kappa shape index (κ3) is 2.16. The Morgan fingerprint density at radius 3 is 2.50 bits per heavy atom. The van der Waals surface area contributed by atoms with Gasteiger partial charge >= 0.3 is 0 Å². The lowest BCUT2D eigenvalue weighted by Gasteiger charge is -2.19. The Balaban J connectivity index is 2.99. The first-order chi connectivity index (χ1) is 6.56. The summed E-state index contributed by atoms with van der Waals surface area (Å²) in [4.78, 5) is 0. The third-order valence-electron chi connectivity index (χ3n) is 2.30. The van der Waals surface area contributed by atoms with Crippen LogP contribution in [0.4, 0.5) is 0 Å². The predicted molar refractivity (Wildman–Crippen MR) is 55.0 cm³/mol. The van der Waals surface area contributed by atoms with E-state index in [0.717, 1.165) is 6.42 Å². The van der Waals surface area contributed by atoms with Crippen LogP contribution in [0.2, 0.25) is 0 Å². The van der Waals surface area contributed by atoms with Gasteiger partial charge in [0, 0.05) is 17.6 Å². The van der Waals surface area contributed by atoms with Crippen molar-refractivity contribution in [3.8, 4) is 11.5 Å². The van der Waals surface area contributed by atoms with E-state index in [4.69, 9.17) is 11.5 Å². The first-order valence-electron chi connectivity index (χ1n) is 4.59. The van der Waals surface area contributed by atoms with E-state index >= 15 is 0 Å². The molecule has 1 rings (SSSR count). The maximum Gasteiger partial charge on any atom is 0.120 e. The van der Waals surface area contributed by atoms with E-state index in [9.17, 15) is 10.2 Å². The molecule has 0 fully saturated rings. The molecule has 1 aromatic carbocycles. The van der Waals surface area contributed by atoms with Gasteiger partial charge in [0.05, 0.1) is 0 Å². The van der Waals surface area contributed by atoms with Crippen molar-refractivity contribution < 1.29 is 10.2 Å². The highest BCUT2D eigenvalue weighted by atomic mass is 16.3. The normalized spacial score (nSPS) is 15.1. The van der Waals surface area contributed by atoms with Crippen molar-refractivity contribution in [3.63, 3.8) is 0 Å². The Morgan fingerprint density at radius 2 is 1.93 bits per heavy atom. The second-order valence-corrected chi connectivity index (χ2v) is 3.34. The van der Waals surface area contributed by atoms with Crippen LogP contribution < -0.4 is 11.5 Å². The second kappa shape index (κ2) is 4.30. The molecule has 0 bridgehead atoms. The van der Waals surface area contributed by atoms with Gasteiger partial charge in [-0.15, -0.1) is 0 Å². The Kier molecular flexibility index (Phi) is 3.33. The van der Waals surface area contributed by atoms with E-state index < -0.39 is 6.04 Å². The number of rotatable bonds is 3. The number of aromatic hydroxyl groups is 2. The lowest BCUT2D eigenvalue weighted by Crippen LogP contribution is -2.33. The molecule has 4 nitrogen and oxygen atoms in total. The SMILES string of the molecule is CC[C@H](N)[C@@H](N)c1cc(O)ccc1O. The Bertz CT molecular complexity index is 315. The molecule has 0 radical (unpaired) electrons. The Labute approximate surface area is 83.2 Å². The molecule has 0 saturated heterocycles. The van der Waals surface area contributed by atoms with Crippen molar-refractivity contribution in [1.29, 1.82) is 0 Å². The van der Waals surface area contributed by atoms with Crippen LogP contribution in [0.5, 0.6) is 11.5 Å². The van der Waals surface area contributed by atoms with Crippen LogP contribution in [0.25, 0.3) is 0 Å². The predicted octanol–water partition coefficient (Wildman–Crippen LogP) is 0.835. The average Bonchev–Trinajstić information content (AvgIpc) is 2.19. The summed E-state index contributed by atoms with van der Waals surface area (Å²) >= 11 is 0. The molecule has 0 heterocycles. The monoisotopic (exact) mass is 196 g/mol. The standard InChI is InChI=1S/C10H16N2O2/c1-2-8(11)10(12)7-5-6(13)3-4-9(7)14/h3-5,8,10,13-14H,2,11-12H2,1H3/t8-,10-/m0/s1. The van der Waals surface area contributed by atoms with Gasteiger partial charge in [-0.25, -0.2) is 0 Å². The number of hydrogen-bond acceptors (Lipinski definition) is 4. The molecule has 78 valence electrons. The molecule has 0 amide bonds. The van der Waals surface area contributed by atoms with Crippen LogP contribution in [-0.2, 0) is 0 Å². The minimum atomic E-state index is -0.452. The number of phenolic OH excluding ortho intramolecular Hbond substituents is 2. The van der Waals surface area contributed by atoms with Crippen molar-refractivity contribution in [1.82, 2.24) is 0 Å². The average molecular weight is 196 g/mol. The fourth-order valence-electron chi connectivity index (χ4n) is 1.29. The highest BCUT2D eigenvalue weighted by Gasteiger charge is 2.17. The van der Waals surface area contributed by atoms with E-state index in [1.165, 1.54) is 18.2 Å². The molecule has 6 N–H and O–H groups in total. The molecule has 0 spiro atoms. The molecule has 2 atom stereocenters. The van der Waals surface area contributed by atoms with Gasteiger partial charge in [0.1, 0.15) is 11.5 Å².